The van der Waals surface area contributed by atoms with Gasteiger partial charge in [-0.1, -0.05) is 38.8 Å². The Labute approximate surface area is 187 Å². The molecular weight excluding hydrogens is 400 g/mol. The van der Waals surface area contributed by atoms with E-state index in [0.29, 0.717) is 0 Å². The molecule has 0 unspecified atom stereocenters. The van der Waals surface area contributed by atoms with Crippen LogP contribution in [0.5, 0.6) is 0 Å². The molecule has 4 aromatic rings. The van der Waals surface area contributed by atoms with Crippen molar-refractivity contribution in [1.29, 1.82) is 0 Å². The number of unbranched alkanes of at least 4 members (excludes halogenated alkanes) is 2. The van der Waals surface area contributed by atoms with Crippen molar-refractivity contribution in [2.75, 3.05) is 0 Å². The van der Waals surface area contributed by atoms with Crippen molar-refractivity contribution in [3.05, 3.63) is 45.1 Å². The number of hydrogen-bond donors (Lipinski definition) is 0. The first-order valence-electron chi connectivity index (χ1n) is 11.5. The predicted octanol–water partition coefficient (Wildman–Crippen LogP) is 9.56. The molecule has 2 aromatic heterocycles. The summed E-state index contributed by atoms with van der Waals surface area (Å²) in [5, 5.41) is 3.07. The van der Waals surface area contributed by atoms with Gasteiger partial charge in [0.15, 0.2) is 0 Å². The minimum absolute atomic E-state index is 1.22. The second kappa shape index (κ2) is 6.80. The van der Waals surface area contributed by atoms with Gasteiger partial charge in [-0.05, 0) is 84.7 Å². The lowest BCUT2D eigenvalue weighted by molar-refractivity contribution is 0.804. The normalized spacial score (nSPS) is 12.8. The Balaban J connectivity index is 1.59. The van der Waals surface area contributed by atoms with Crippen LogP contribution in [0, 0.1) is 13.8 Å². The van der Waals surface area contributed by atoms with Gasteiger partial charge in [-0.2, -0.15) is 0 Å². The van der Waals surface area contributed by atoms with E-state index in [1.165, 1.54) is 104 Å². The fourth-order valence-electron chi connectivity index (χ4n) is 5.51. The van der Waals surface area contributed by atoms with Gasteiger partial charge in [0, 0.05) is 41.8 Å². The zero-order valence-corrected chi connectivity index (χ0v) is 20.0. The first-order chi connectivity index (χ1) is 14.6. The second-order valence-electron chi connectivity index (χ2n) is 9.03. The molecule has 0 bridgehead atoms. The van der Waals surface area contributed by atoms with Crippen LogP contribution in [-0.2, 0) is 12.8 Å². The molecule has 0 spiro atoms. The van der Waals surface area contributed by atoms with Gasteiger partial charge < -0.3 is 0 Å². The highest BCUT2D eigenvalue weighted by atomic mass is 32.1. The van der Waals surface area contributed by atoms with E-state index in [4.69, 9.17) is 0 Å². The van der Waals surface area contributed by atoms with Gasteiger partial charge in [0.2, 0.25) is 0 Å². The third-order valence-corrected chi connectivity index (χ3v) is 9.61. The Morgan fingerprint density at radius 2 is 1.20 bits per heavy atom. The molecule has 6 rings (SSSR count). The van der Waals surface area contributed by atoms with E-state index in [0.717, 1.165) is 0 Å². The highest BCUT2D eigenvalue weighted by Crippen LogP contribution is 2.61. The fourth-order valence-corrected chi connectivity index (χ4v) is 8.07. The van der Waals surface area contributed by atoms with Crippen LogP contribution < -0.4 is 0 Å². The van der Waals surface area contributed by atoms with E-state index in [9.17, 15) is 0 Å². The second-order valence-corrected chi connectivity index (χ2v) is 11.3. The first-order valence-corrected chi connectivity index (χ1v) is 13.1. The molecule has 0 N–H and O–H groups in total. The van der Waals surface area contributed by atoms with Crippen molar-refractivity contribution >= 4 is 33.4 Å². The SMILES string of the molecule is CCCCc1cc2c(s1)-c1ccc3c4c(c(C)c(C)c-2c14)-c1sc(CCCC)cc1-3. The summed E-state index contributed by atoms with van der Waals surface area (Å²) in [6.45, 7) is 9.30. The average molecular weight is 429 g/mol. The lowest BCUT2D eigenvalue weighted by Crippen LogP contribution is -1.91. The van der Waals surface area contributed by atoms with E-state index < -0.39 is 0 Å². The molecule has 2 aromatic carbocycles. The van der Waals surface area contributed by atoms with Crippen LogP contribution in [-0.4, -0.2) is 0 Å². The zero-order valence-electron chi connectivity index (χ0n) is 18.4. The summed E-state index contributed by atoms with van der Waals surface area (Å²) in [5.74, 6) is 0. The van der Waals surface area contributed by atoms with Gasteiger partial charge in [-0.15, -0.1) is 22.7 Å². The molecule has 0 atom stereocenters. The molecule has 0 amide bonds. The van der Waals surface area contributed by atoms with Crippen molar-refractivity contribution < 1.29 is 0 Å². The van der Waals surface area contributed by atoms with Gasteiger partial charge in [0.25, 0.3) is 0 Å². The van der Waals surface area contributed by atoms with Gasteiger partial charge in [0.1, 0.15) is 0 Å². The summed E-state index contributed by atoms with van der Waals surface area (Å²) in [6.07, 6.45) is 7.55. The molecule has 152 valence electrons. The third-order valence-electron chi connectivity index (χ3n) is 7.17. The molecule has 2 heterocycles. The molecule has 0 radical (unpaired) electrons. The van der Waals surface area contributed by atoms with Gasteiger partial charge >= 0.3 is 0 Å². The third kappa shape index (κ3) is 2.38. The van der Waals surface area contributed by atoms with E-state index in [-0.39, 0.29) is 0 Å². The molecule has 0 saturated carbocycles. The molecule has 0 fully saturated rings. The van der Waals surface area contributed by atoms with Gasteiger partial charge in [0.05, 0.1) is 0 Å². The molecular formula is C28H28S2. The topological polar surface area (TPSA) is 0 Å². The summed E-state index contributed by atoms with van der Waals surface area (Å²) in [7, 11) is 0. The van der Waals surface area contributed by atoms with Crippen LogP contribution in [0.1, 0.15) is 60.4 Å². The standard InChI is InChI=1S/C28H28S2/c1-5-7-9-17-13-21-19-11-12-20-26-23(22-14-18(10-8-6-2)29-27(20)22)15(3)16(4)24(25(19)26)28(21)30-17/h11-14H,5-10H2,1-4H3. The largest absolute Gasteiger partial charge is 0.140 e. The van der Waals surface area contributed by atoms with E-state index in [2.05, 4.69) is 52.0 Å². The molecule has 30 heavy (non-hydrogen) atoms. The highest BCUT2D eigenvalue weighted by Gasteiger charge is 2.34. The van der Waals surface area contributed by atoms with Crippen molar-refractivity contribution in [1.82, 2.24) is 0 Å². The summed E-state index contributed by atoms with van der Waals surface area (Å²) in [5.41, 5.74) is 12.0. The molecule has 2 aliphatic rings. The number of rotatable bonds is 6. The molecule has 0 nitrogen and oxygen atoms in total. The van der Waals surface area contributed by atoms with Crippen LogP contribution in [0.15, 0.2) is 24.3 Å². The molecule has 0 aliphatic heterocycles. The molecule has 2 heteroatoms. The average Bonchev–Trinajstić information content (AvgIpc) is 3.46. The Bertz CT molecular complexity index is 1230. The first kappa shape index (κ1) is 18.8. The zero-order chi connectivity index (χ0) is 20.6. The predicted molar refractivity (Wildman–Crippen MR) is 135 cm³/mol. The highest BCUT2D eigenvalue weighted by molar-refractivity contribution is 7.17. The Morgan fingerprint density at radius 1 is 0.633 bits per heavy atom. The maximum atomic E-state index is 2.51. The summed E-state index contributed by atoms with van der Waals surface area (Å²) in [6, 6.07) is 9.84. The number of benzene rings is 2. The minimum atomic E-state index is 1.22. The van der Waals surface area contributed by atoms with Crippen molar-refractivity contribution in [2.24, 2.45) is 0 Å². The van der Waals surface area contributed by atoms with Crippen LogP contribution in [0.2, 0.25) is 0 Å². The molecule has 2 aliphatic carbocycles. The fraction of sp³-hybridized carbons (Fsp3) is 0.357. The summed E-state index contributed by atoms with van der Waals surface area (Å²) in [4.78, 5) is 6.15. The summed E-state index contributed by atoms with van der Waals surface area (Å²) >= 11 is 4.09. The maximum absolute atomic E-state index is 2.51. The number of aryl methyl sites for hydroxylation is 2. The monoisotopic (exact) mass is 428 g/mol. The maximum Gasteiger partial charge on any atom is 0.0433 e. The number of fused-ring (bicyclic) bond motifs is 6. The van der Waals surface area contributed by atoms with Crippen LogP contribution in [0.4, 0.5) is 0 Å². The van der Waals surface area contributed by atoms with Crippen LogP contribution >= 0.6 is 22.7 Å². The molecule has 0 saturated heterocycles. The lowest BCUT2D eigenvalue weighted by Gasteiger charge is -2.14. The Morgan fingerprint density at radius 3 is 1.90 bits per heavy atom. The smallest absolute Gasteiger partial charge is 0.0433 e. The van der Waals surface area contributed by atoms with E-state index in [1.807, 2.05) is 22.7 Å². The minimum Gasteiger partial charge on any atom is -0.140 e. The number of thiophene rings is 2. The Kier molecular flexibility index (Phi) is 4.27. The van der Waals surface area contributed by atoms with E-state index >= 15 is 0 Å². The number of hydrogen-bond acceptors (Lipinski definition) is 2. The van der Waals surface area contributed by atoms with Crippen LogP contribution in [0.3, 0.4) is 0 Å². The van der Waals surface area contributed by atoms with Crippen LogP contribution in [0.25, 0.3) is 53.9 Å². The van der Waals surface area contributed by atoms with Gasteiger partial charge in [-0.25, -0.2) is 0 Å². The van der Waals surface area contributed by atoms with Crippen molar-refractivity contribution in [3.63, 3.8) is 0 Å². The summed E-state index contributed by atoms with van der Waals surface area (Å²) < 4.78 is 0. The van der Waals surface area contributed by atoms with E-state index in [1.54, 1.807) is 9.75 Å². The lowest BCUT2D eigenvalue weighted by atomic mass is 9.90. The van der Waals surface area contributed by atoms with Crippen molar-refractivity contribution in [2.45, 2.75) is 66.2 Å². The quantitative estimate of drug-likeness (QED) is 0.248. The van der Waals surface area contributed by atoms with Gasteiger partial charge in [-0.3, -0.25) is 0 Å². The Hall–Kier alpha value is -1.90. The van der Waals surface area contributed by atoms with Crippen molar-refractivity contribution in [3.8, 4) is 43.1 Å².